The summed E-state index contributed by atoms with van der Waals surface area (Å²) in [6, 6.07) is 1.98. The van der Waals surface area contributed by atoms with E-state index >= 15 is 0 Å². The van der Waals surface area contributed by atoms with Crippen LogP contribution in [0.4, 0.5) is 14.5 Å². The van der Waals surface area contributed by atoms with Gasteiger partial charge in [0.2, 0.25) is 0 Å². The molecule has 1 aromatic rings. The van der Waals surface area contributed by atoms with Gasteiger partial charge in [0.15, 0.2) is 5.82 Å². The summed E-state index contributed by atoms with van der Waals surface area (Å²) >= 11 is 0. The maximum atomic E-state index is 13.5. The fourth-order valence-electron chi connectivity index (χ4n) is 1.29. The Morgan fingerprint density at radius 3 is 2.72 bits per heavy atom. The molecule has 18 heavy (non-hydrogen) atoms. The molecule has 7 heteroatoms. The van der Waals surface area contributed by atoms with Gasteiger partial charge in [-0.25, -0.2) is 8.78 Å². The third-order valence-corrected chi connectivity index (χ3v) is 3.59. The van der Waals surface area contributed by atoms with Crippen molar-refractivity contribution in [3.05, 3.63) is 29.3 Å². The van der Waals surface area contributed by atoms with Crippen LogP contribution >= 0.6 is 0 Å². The summed E-state index contributed by atoms with van der Waals surface area (Å²) in [5.74, 6) is -2.24. The van der Waals surface area contributed by atoms with Crippen LogP contribution in [-0.2, 0) is 10.8 Å². The van der Waals surface area contributed by atoms with E-state index in [-0.39, 0.29) is 18.0 Å². The minimum Gasteiger partial charge on any atom is -0.396 e. The van der Waals surface area contributed by atoms with Gasteiger partial charge in [0, 0.05) is 28.9 Å². The molecular weight excluding hydrogens is 262 g/mol. The maximum absolute atomic E-state index is 13.5. The van der Waals surface area contributed by atoms with Gasteiger partial charge in [-0.3, -0.25) is 9.00 Å². The highest BCUT2D eigenvalue weighted by molar-refractivity contribution is 7.84. The minimum absolute atomic E-state index is 0.0902. The number of nitrogens with one attached hydrogen (secondary N) is 1. The summed E-state index contributed by atoms with van der Waals surface area (Å²) in [5.41, 5.74) is 4.25. The molecule has 0 bridgehead atoms. The van der Waals surface area contributed by atoms with Crippen molar-refractivity contribution in [1.29, 1.82) is 0 Å². The first-order valence-corrected chi connectivity index (χ1v) is 6.82. The van der Waals surface area contributed by atoms with Gasteiger partial charge in [-0.15, -0.1) is 0 Å². The predicted molar refractivity (Wildman–Crippen MR) is 66.7 cm³/mol. The lowest BCUT2D eigenvalue weighted by molar-refractivity contribution is 0.0948. The second-order valence-corrected chi connectivity index (χ2v) is 5.38. The summed E-state index contributed by atoms with van der Waals surface area (Å²) in [5, 5.41) is 2.31. The van der Waals surface area contributed by atoms with E-state index in [1.807, 2.05) is 0 Å². The van der Waals surface area contributed by atoms with Crippen molar-refractivity contribution in [1.82, 2.24) is 5.32 Å². The van der Waals surface area contributed by atoms with Gasteiger partial charge in [-0.2, -0.15) is 0 Å². The van der Waals surface area contributed by atoms with Crippen LogP contribution in [0.3, 0.4) is 0 Å². The van der Waals surface area contributed by atoms with E-state index < -0.39 is 33.9 Å². The van der Waals surface area contributed by atoms with Gasteiger partial charge in [0.1, 0.15) is 11.4 Å². The maximum Gasteiger partial charge on any atom is 0.257 e. The highest BCUT2D eigenvalue weighted by Gasteiger charge is 2.19. The van der Waals surface area contributed by atoms with Crippen LogP contribution in [0.1, 0.15) is 17.3 Å². The van der Waals surface area contributed by atoms with Crippen molar-refractivity contribution in [2.75, 3.05) is 23.8 Å². The second-order valence-electron chi connectivity index (χ2n) is 3.51. The zero-order valence-electron chi connectivity index (χ0n) is 9.83. The number of amides is 1. The van der Waals surface area contributed by atoms with Crippen LogP contribution in [0.5, 0.6) is 0 Å². The summed E-state index contributed by atoms with van der Waals surface area (Å²) in [7, 11) is -1.04. The van der Waals surface area contributed by atoms with Gasteiger partial charge in [0.05, 0.1) is 5.69 Å². The van der Waals surface area contributed by atoms with Crippen LogP contribution < -0.4 is 11.1 Å². The molecule has 4 nitrogen and oxygen atoms in total. The molecular formula is C11H14F2N2O2S. The molecule has 1 aromatic carbocycles. The van der Waals surface area contributed by atoms with E-state index in [4.69, 9.17) is 5.73 Å². The van der Waals surface area contributed by atoms with Crippen LogP contribution in [0.2, 0.25) is 0 Å². The van der Waals surface area contributed by atoms with Crippen molar-refractivity contribution in [3.8, 4) is 0 Å². The molecule has 0 aliphatic carbocycles. The monoisotopic (exact) mass is 276 g/mol. The lowest BCUT2D eigenvalue weighted by Gasteiger charge is -2.08. The smallest absolute Gasteiger partial charge is 0.257 e. The third-order valence-electron chi connectivity index (χ3n) is 2.29. The van der Waals surface area contributed by atoms with E-state index in [1.54, 1.807) is 6.92 Å². The van der Waals surface area contributed by atoms with Crippen molar-refractivity contribution in [3.63, 3.8) is 0 Å². The van der Waals surface area contributed by atoms with Gasteiger partial charge in [0.25, 0.3) is 5.91 Å². The van der Waals surface area contributed by atoms with E-state index in [1.165, 1.54) is 0 Å². The largest absolute Gasteiger partial charge is 0.396 e. The number of anilines is 1. The number of benzene rings is 1. The first-order valence-electron chi connectivity index (χ1n) is 5.34. The number of rotatable bonds is 5. The van der Waals surface area contributed by atoms with E-state index in [2.05, 4.69) is 5.32 Å². The zero-order chi connectivity index (χ0) is 13.7. The van der Waals surface area contributed by atoms with Gasteiger partial charge < -0.3 is 11.1 Å². The van der Waals surface area contributed by atoms with E-state index in [9.17, 15) is 17.8 Å². The van der Waals surface area contributed by atoms with Crippen LogP contribution in [0.25, 0.3) is 0 Å². The average molecular weight is 276 g/mol. The number of hydrogen-bond donors (Lipinski definition) is 2. The predicted octanol–water partition coefficient (Wildman–Crippen LogP) is 1.05. The molecule has 1 unspecified atom stereocenters. The van der Waals surface area contributed by atoms with Crippen LogP contribution in [0, 0.1) is 11.6 Å². The quantitative estimate of drug-likeness (QED) is 0.789. The highest BCUT2D eigenvalue weighted by Crippen LogP contribution is 2.18. The number of carbonyl (C=O) groups is 1. The van der Waals surface area contributed by atoms with E-state index in [0.29, 0.717) is 5.75 Å². The number of halogens is 2. The Kier molecular flexibility index (Phi) is 5.21. The Morgan fingerprint density at radius 2 is 2.11 bits per heavy atom. The standard InChI is InChI=1S/C11H14F2N2O2S/c1-2-18(17)6-5-15-11(16)9-7(12)3-4-8(14)10(9)13/h3-4H,2,5-6,14H2,1H3,(H,15,16). The Morgan fingerprint density at radius 1 is 1.44 bits per heavy atom. The summed E-state index contributed by atoms with van der Waals surface area (Å²) in [6.07, 6.45) is 0. The molecule has 0 radical (unpaired) electrons. The molecule has 0 saturated carbocycles. The van der Waals surface area contributed by atoms with Gasteiger partial charge in [-0.05, 0) is 12.1 Å². The molecule has 0 fully saturated rings. The van der Waals surface area contributed by atoms with Crippen molar-refractivity contribution in [2.24, 2.45) is 0 Å². The first-order chi connectivity index (χ1) is 8.47. The SMILES string of the molecule is CCS(=O)CCNC(=O)c1c(F)ccc(N)c1F. The number of carbonyl (C=O) groups excluding carboxylic acids is 1. The first kappa shape index (κ1) is 14.6. The van der Waals surface area contributed by atoms with Crippen molar-refractivity contribution >= 4 is 22.4 Å². The molecule has 0 spiro atoms. The van der Waals surface area contributed by atoms with Gasteiger partial charge in [-0.1, -0.05) is 6.92 Å². The second kappa shape index (κ2) is 6.44. The van der Waals surface area contributed by atoms with Crippen LogP contribution in [-0.4, -0.2) is 28.2 Å². The molecule has 0 heterocycles. The normalized spacial score (nSPS) is 12.2. The molecule has 100 valence electrons. The molecule has 1 rings (SSSR count). The fourth-order valence-corrected chi connectivity index (χ4v) is 1.91. The topological polar surface area (TPSA) is 72.2 Å². The molecule has 1 atom stereocenters. The third kappa shape index (κ3) is 3.49. The average Bonchev–Trinajstić information content (AvgIpc) is 2.34. The Hall–Kier alpha value is -1.50. The Bertz CT molecular complexity index is 480. The Balaban J connectivity index is 2.73. The number of hydrogen-bond acceptors (Lipinski definition) is 3. The minimum atomic E-state index is -1.08. The summed E-state index contributed by atoms with van der Waals surface area (Å²) in [6.45, 7) is 1.84. The Labute approximate surface area is 106 Å². The summed E-state index contributed by atoms with van der Waals surface area (Å²) in [4.78, 5) is 11.6. The van der Waals surface area contributed by atoms with Gasteiger partial charge >= 0.3 is 0 Å². The molecule has 1 amide bonds. The molecule has 0 aromatic heterocycles. The fraction of sp³-hybridized carbons (Fsp3) is 0.364. The van der Waals surface area contributed by atoms with Crippen LogP contribution in [0.15, 0.2) is 12.1 Å². The lowest BCUT2D eigenvalue weighted by atomic mass is 10.1. The molecule has 0 aliphatic rings. The van der Waals surface area contributed by atoms with Crippen molar-refractivity contribution < 1.29 is 17.8 Å². The zero-order valence-corrected chi connectivity index (χ0v) is 10.7. The highest BCUT2D eigenvalue weighted by atomic mass is 32.2. The molecule has 3 N–H and O–H groups in total. The molecule has 0 aliphatic heterocycles. The summed E-state index contributed by atoms with van der Waals surface area (Å²) < 4.78 is 37.9. The molecule has 0 saturated heterocycles. The lowest BCUT2D eigenvalue weighted by Crippen LogP contribution is -2.29. The number of nitrogens with two attached hydrogens (primary N) is 1. The van der Waals surface area contributed by atoms with E-state index in [0.717, 1.165) is 12.1 Å². The van der Waals surface area contributed by atoms with Crippen molar-refractivity contribution in [2.45, 2.75) is 6.92 Å². The number of nitrogen functional groups attached to an aromatic ring is 1.